The van der Waals surface area contributed by atoms with Gasteiger partial charge in [-0.05, 0) is 47.3 Å². The Morgan fingerprint density at radius 3 is 2.23 bits per heavy atom. The lowest BCUT2D eigenvalue weighted by atomic mass is 9.95. The lowest BCUT2D eigenvalue weighted by molar-refractivity contribution is 0.485. The first-order valence-corrected chi connectivity index (χ1v) is 10.5. The molecule has 5 aromatic rings. The van der Waals surface area contributed by atoms with Crippen molar-refractivity contribution in [3.63, 3.8) is 0 Å². The molecule has 0 aliphatic carbocycles. The van der Waals surface area contributed by atoms with Crippen molar-refractivity contribution in [2.45, 2.75) is 0 Å². The Morgan fingerprint density at radius 1 is 0.548 bits per heavy atom. The van der Waals surface area contributed by atoms with Crippen LogP contribution in [0.25, 0.3) is 21.9 Å². The molecule has 146 valence electrons. The summed E-state index contributed by atoms with van der Waals surface area (Å²) >= 11 is 0. The van der Waals surface area contributed by atoms with Crippen molar-refractivity contribution < 1.29 is 4.74 Å². The monoisotopic (exact) mass is 398 g/mol. The van der Waals surface area contributed by atoms with E-state index in [9.17, 15) is 0 Å². The molecule has 0 saturated heterocycles. The lowest BCUT2D eigenvalue weighted by Gasteiger charge is -2.34. The molecule has 3 nitrogen and oxygen atoms in total. The van der Waals surface area contributed by atoms with Crippen LogP contribution in [-0.4, -0.2) is 0 Å². The summed E-state index contributed by atoms with van der Waals surface area (Å²) in [5.41, 5.74) is 7.56. The first kappa shape index (κ1) is 16.5. The summed E-state index contributed by atoms with van der Waals surface area (Å²) in [5, 5.41) is 5.96. The van der Waals surface area contributed by atoms with Crippen LogP contribution < -0.4 is 15.0 Å². The minimum absolute atomic E-state index is 0.845. The minimum Gasteiger partial charge on any atom is -0.450 e. The van der Waals surface area contributed by atoms with Crippen molar-refractivity contribution in [3.8, 4) is 22.6 Å². The first-order chi connectivity index (χ1) is 15.4. The minimum atomic E-state index is 0.845. The number of para-hydroxylation sites is 3. The highest BCUT2D eigenvalue weighted by molar-refractivity contribution is 6.09. The molecule has 7 rings (SSSR count). The second-order valence-corrected chi connectivity index (χ2v) is 7.91. The Hall–Kier alpha value is -4.24. The molecule has 0 fully saturated rings. The van der Waals surface area contributed by atoms with Crippen molar-refractivity contribution in [3.05, 3.63) is 103 Å². The standard InChI is InChI=1S/C28H18N2O/c1-2-9-19(10-3-1)30-24-15-7-14-23-27(24)31-28-25(30)17-16-18-8-6-12-21(26(18)28)20-11-4-5-13-22(20)29-23/h1-17,29H. The van der Waals surface area contributed by atoms with Crippen LogP contribution in [0.15, 0.2) is 103 Å². The van der Waals surface area contributed by atoms with E-state index in [-0.39, 0.29) is 0 Å². The Morgan fingerprint density at radius 2 is 1.29 bits per heavy atom. The number of hydrogen-bond acceptors (Lipinski definition) is 3. The van der Waals surface area contributed by atoms with Crippen molar-refractivity contribution in [2.24, 2.45) is 0 Å². The second kappa shape index (κ2) is 6.13. The zero-order valence-electron chi connectivity index (χ0n) is 16.7. The van der Waals surface area contributed by atoms with Gasteiger partial charge in [0.1, 0.15) is 0 Å². The van der Waals surface area contributed by atoms with Crippen molar-refractivity contribution >= 4 is 39.2 Å². The molecule has 0 radical (unpaired) electrons. The van der Waals surface area contributed by atoms with Crippen LogP contribution in [0.5, 0.6) is 11.5 Å². The van der Waals surface area contributed by atoms with Crippen LogP contribution in [-0.2, 0) is 0 Å². The molecule has 0 amide bonds. The van der Waals surface area contributed by atoms with E-state index < -0.39 is 0 Å². The molecule has 31 heavy (non-hydrogen) atoms. The Labute approximate surface area is 180 Å². The Bertz CT molecular complexity index is 1490. The molecule has 0 spiro atoms. The number of fused-ring (bicyclic) bond motifs is 2. The van der Waals surface area contributed by atoms with E-state index in [0.29, 0.717) is 0 Å². The summed E-state index contributed by atoms with van der Waals surface area (Å²) in [5.74, 6) is 1.74. The van der Waals surface area contributed by atoms with Gasteiger partial charge in [0.2, 0.25) is 0 Å². The van der Waals surface area contributed by atoms with Gasteiger partial charge < -0.3 is 15.0 Å². The Kier molecular flexibility index (Phi) is 3.27. The molecule has 0 saturated carbocycles. The van der Waals surface area contributed by atoms with Gasteiger partial charge in [0, 0.05) is 22.3 Å². The van der Waals surface area contributed by atoms with E-state index >= 15 is 0 Å². The molecular weight excluding hydrogens is 380 g/mol. The Balaban J connectivity index is 1.67. The normalized spacial score (nSPS) is 13.0. The van der Waals surface area contributed by atoms with Crippen molar-refractivity contribution in [1.29, 1.82) is 0 Å². The zero-order chi connectivity index (χ0) is 20.4. The number of anilines is 5. The number of benzene rings is 5. The molecule has 3 heteroatoms. The maximum Gasteiger partial charge on any atom is 0.174 e. The average molecular weight is 398 g/mol. The van der Waals surface area contributed by atoms with Gasteiger partial charge in [-0.3, -0.25) is 0 Å². The molecule has 2 heterocycles. The number of rotatable bonds is 1. The quantitative estimate of drug-likeness (QED) is 0.302. The van der Waals surface area contributed by atoms with E-state index in [1.54, 1.807) is 0 Å². The van der Waals surface area contributed by atoms with Gasteiger partial charge in [-0.1, -0.05) is 66.7 Å². The van der Waals surface area contributed by atoms with Gasteiger partial charge in [-0.25, -0.2) is 0 Å². The van der Waals surface area contributed by atoms with E-state index in [1.165, 1.54) is 16.5 Å². The summed E-state index contributed by atoms with van der Waals surface area (Å²) in [6.07, 6.45) is 0. The predicted molar refractivity (Wildman–Crippen MR) is 127 cm³/mol. The van der Waals surface area contributed by atoms with E-state index in [2.05, 4.69) is 107 Å². The van der Waals surface area contributed by atoms with Gasteiger partial charge in [-0.15, -0.1) is 0 Å². The van der Waals surface area contributed by atoms with Gasteiger partial charge in [-0.2, -0.15) is 0 Å². The van der Waals surface area contributed by atoms with E-state index in [1.807, 2.05) is 6.07 Å². The highest BCUT2D eigenvalue weighted by Crippen LogP contribution is 2.57. The number of nitrogens with one attached hydrogen (secondary N) is 1. The topological polar surface area (TPSA) is 24.5 Å². The smallest absolute Gasteiger partial charge is 0.174 e. The number of ether oxygens (including phenoxy) is 1. The fourth-order valence-corrected chi connectivity index (χ4v) is 4.80. The van der Waals surface area contributed by atoms with Crippen LogP contribution in [0.4, 0.5) is 28.4 Å². The van der Waals surface area contributed by atoms with Crippen molar-refractivity contribution in [1.82, 2.24) is 0 Å². The molecule has 5 aromatic carbocycles. The van der Waals surface area contributed by atoms with Gasteiger partial charge >= 0.3 is 0 Å². The molecule has 0 unspecified atom stereocenters. The van der Waals surface area contributed by atoms with Gasteiger partial charge in [0.05, 0.1) is 17.1 Å². The summed E-state index contributed by atoms with van der Waals surface area (Å²) in [7, 11) is 0. The fourth-order valence-electron chi connectivity index (χ4n) is 4.80. The first-order valence-electron chi connectivity index (χ1n) is 10.5. The molecule has 0 aromatic heterocycles. The fraction of sp³-hybridized carbons (Fsp3) is 0. The van der Waals surface area contributed by atoms with Crippen LogP contribution >= 0.6 is 0 Å². The summed E-state index contributed by atoms with van der Waals surface area (Å²) in [6, 6.07) is 36.1. The van der Waals surface area contributed by atoms with Gasteiger partial charge in [0.25, 0.3) is 0 Å². The largest absolute Gasteiger partial charge is 0.450 e. The summed E-state index contributed by atoms with van der Waals surface area (Å²) in [6.45, 7) is 0. The molecular formula is C28H18N2O. The highest BCUT2D eigenvalue weighted by atomic mass is 16.5. The maximum absolute atomic E-state index is 6.71. The van der Waals surface area contributed by atoms with E-state index in [0.717, 1.165) is 45.3 Å². The third-order valence-electron chi connectivity index (χ3n) is 6.16. The van der Waals surface area contributed by atoms with E-state index in [4.69, 9.17) is 4.74 Å². The number of hydrogen-bond donors (Lipinski definition) is 1. The van der Waals surface area contributed by atoms with Crippen molar-refractivity contribution in [2.75, 3.05) is 10.2 Å². The van der Waals surface area contributed by atoms with Crippen LogP contribution in [0.3, 0.4) is 0 Å². The third-order valence-corrected chi connectivity index (χ3v) is 6.16. The molecule has 2 bridgehead atoms. The summed E-state index contributed by atoms with van der Waals surface area (Å²) in [4.78, 5) is 2.30. The van der Waals surface area contributed by atoms with Crippen LogP contribution in [0, 0.1) is 0 Å². The lowest BCUT2D eigenvalue weighted by Crippen LogP contribution is -2.16. The van der Waals surface area contributed by atoms with Crippen LogP contribution in [0.2, 0.25) is 0 Å². The predicted octanol–water partition coefficient (Wildman–Crippen LogP) is 8.14. The zero-order valence-corrected chi connectivity index (χ0v) is 16.7. The molecule has 2 aliphatic heterocycles. The second-order valence-electron chi connectivity index (χ2n) is 7.91. The highest BCUT2D eigenvalue weighted by Gasteiger charge is 2.31. The molecule has 2 aliphatic rings. The molecule has 1 N–H and O–H groups in total. The summed E-state index contributed by atoms with van der Waals surface area (Å²) < 4.78 is 6.71. The average Bonchev–Trinajstić information content (AvgIpc) is 2.88. The van der Waals surface area contributed by atoms with Gasteiger partial charge in [0.15, 0.2) is 11.5 Å². The third kappa shape index (κ3) is 2.29. The number of nitrogens with zero attached hydrogens (tertiary/aromatic N) is 1. The molecule has 0 atom stereocenters. The SMILES string of the molecule is c1ccc(N2c3cccc4c3Oc3c2ccc2cccc(c32)-c2ccccc2N4)cc1. The maximum atomic E-state index is 6.71. The van der Waals surface area contributed by atoms with Crippen LogP contribution in [0.1, 0.15) is 0 Å².